The molecule has 1 atom stereocenters. The van der Waals surface area contributed by atoms with E-state index < -0.39 is 6.61 Å². The fraction of sp³-hybridized carbons (Fsp3) is 0.556. The minimum Gasteiger partial charge on any atom is -0.435 e. The van der Waals surface area contributed by atoms with E-state index in [9.17, 15) is 8.78 Å². The molecule has 1 nitrogen and oxygen atoms in total. The molecule has 164 valence electrons. The molecule has 0 saturated heterocycles. The van der Waals surface area contributed by atoms with Crippen LogP contribution in [0.5, 0.6) is 5.75 Å². The lowest BCUT2D eigenvalue weighted by molar-refractivity contribution is -0.0498. The highest BCUT2D eigenvalue weighted by Gasteiger charge is 2.22. The zero-order valence-electron chi connectivity index (χ0n) is 18.5. The largest absolute Gasteiger partial charge is 0.435 e. The highest BCUT2D eigenvalue weighted by Crippen LogP contribution is 2.38. The number of ether oxygens (including phenoxy) is 1. The van der Waals surface area contributed by atoms with E-state index in [0.717, 1.165) is 23.8 Å². The molecule has 30 heavy (non-hydrogen) atoms. The molecule has 0 aromatic heterocycles. The number of benzene rings is 2. The molecule has 0 aliphatic heterocycles. The normalized spacial score (nSPS) is 20.3. The van der Waals surface area contributed by atoms with Crippen LogP contribution in [0.4, 0.5) is 8.78 Å². The van der Waals surface area contributed by atoms with Crippen LogP contribution in [-0.2, 0) is 6.42 Å². The van der Waals surface area contributed by atoms with Crippen molar-refractivity contribution in [3.8, 4) is 5.75 Å². The van der Waals surface area contributed by atoms with E-state index in [1.54, 1.807) is 12.1 Å². The van der Waals surface area contributed by atoms with Crippen molar-refractivity contribution < 1.29 is 13.5 Å². The molecule has 2 aromatic carbocycles. The predicted octanol–water partition coefficient (Wildman–Crippen LogP) is 8.49. The molecular weight excluding hydrogens is 378 g/mol. The van der Waals surface area contributed by atoms with E-state index in [4.69, 9.17) is 0 Å². The molecule has 0 N–H and O–H groups in total. The van der Waals surface area contributed by atoms with Crippen LogP contribution in [0.2, 0.25) is 0 Å². The van der Waals surface area contributed by atoms with E-state index in [0.29, 0.717) is 5.92 Å². The third-order valence-corrected chi connectivity index (χ3v) is 6.73. The number of unbranched alkanes of at least 4 members (excludes halogenated alkanes) is 2. The minimum absolute atomic E-state index is 0.213. The third-order valence-electron chi connectivity index (χ3n) is 6.73. The lowest BCUT2D eigenvalue weighted by atomic mass is 9.77. The van der Waals surface area contributed by atoms with Gasteiger partial charge in [0.2, 0.25) is 0 Å². The summed E-state index contributed by atoms with van der Waals surface area (Å²) in [4.78, 5) is 0. The van der Waals surface area contributed by atoms with Crippen molar-refractivity contribution >= 4 is 0 Å². The molecular formula is C27H36F2O. The summed E-state index contributed by atoms with van der Waals surface area (Å²) >= 11 is 0. The summed E-state index contributed by atoms with van der Waals surface area (Å²) in [6.07, 6.45) is 11.9. The van der Waals surface area contributed by atoms with Gasteiger partial charge < -0.3 is 4.74 Å². The Morgan fingerprint density at radius 2 is 1.57 bits per heavy atom. The topological polar surface area (TPSA) is 9.23 Å². The first-order valence-electron chi connectivity index (χ1n) is 11.7. The Morgan fingerprint density at radius 3 is 2.17 bits per heavy atom. The maximum absolute atomic E-state index is 12.3. The first-order chi connectivity index (χ1) is 14.5. The fourth-order valence-corrected chi connectivity index (χ4v) is 4.84. The Morgan fingerprint density at radius 1 is 0.900 bits per heavy atom. The Bertz CT molecular complexity index is 730. The van der Waals surface area contributed by atoms with Gasteiger partial charge in [0.25, 0.3) is 0 Å². The summed E-state index contributed by atoms with van der Waals surface area (Å²) in [6.45, 7) is 1.68. The zero-order valence-corrected chi connectivity index (χ0v) is 18.5. The van der Waals surface area contributed by atoms with E-state index in [-0.39, 0.29) is 5.75 Å². The summed E-state index contributed by atoms with van der Waals surface area (Å²) < 4.78 is 29.0. The van der Waals surface area contributed by atoms with Gasteiger partial charge in [-0.25, -0.2) is 0 Å². The second-order valence-electron chi connectivity index (χ2n) is 9.01. The van der Waals surface area contributed by atoms with Crippen molar-refractivity contribution in [1.82, 2.24) is 0 Å². The number of alkyl halides is 2. The second-order valence-corrected chi connectivity index (χ2v) is 9.01. The van der Waals surface area contributed by atoms with Crippen molar-refractivity contribution in [3.63, 3.8) is 0 Å². The lowest BCUT2D eigenvalue weighted by Crippen LogP contribution is -2.13. The smallest absolute Gasteiger partial charge is 0.387 e. The second kappa shape index (κ2) is 11.5. The quantitative estimate of drug-likeness (QED) is 0.354. The number of hydrogen-bond donors (Lipinski definition) is 0. The molecule has 2 aromatic rings. The van der Waals surface area contributed by atoms with Crippen molar-refractivity contribution in [2.24, 2.45) is 5.92 Å². The molecule has 1 aliphatic rings. The lowest BCUT2D eigenvalue weighted by Gasteiger charge is -2.29. The predicted molar refractivity (Wildman–Crippen MR) is 120 cm³/mol. The van der Waals surface area contributed by atoms with Gasteiger partial charge in [0.1, 0.15) is 5.75 Å². The molecule has 0 unspecified atom stereocenters. The van der Waals surface area contributed by atoms with Crippen LogP contribution in [0.25, 0.3) is 0 Å². The number of hydrogen-bond acceptors (Lipinski definition) is 1. The van der Waals surface area contributed by atoms with Crippen molar-refractivity contribution in [2.45, 2.75) is 90.1 Å². The number of rotatable bonds is 10. The highest BCUT2D eigenvalue weighted by atomic mass is 19.3. The van der Waals surface area contributed by atoms with Gasteiger partial charge in [0.05, 0.1) is 0 Å². The van der Waals surface area contributed by atoms with Gasteiger partial charge in [-0.05, 0) is 78.7 Å². The summed E-state index contributed by atoms with van der Waals surface area (Å²) in [7, 11) is 0. The standard InChI is InChI=1S/C27H36F2O/c1-3-4-5-6-21-7-11-24(12-8-21)25-13-9-22(10-14-25)19-20(2)23-15-17-26(18-16-23)30-27(28)29/h9-10,13-18,20-21,24,27H,3-8,11-12,19H2,1-2H3/t20-,21?,24?/m1/s1. The minimum atomic E-state index is -2.78. The highest BCUT2D eigenvalue weighted by molar-refractivity contribution is 5.32. The molecule has 0 radical (unpaired) electrons. The van der Waals surface area contributed by atoms with E-state index in [1.807, 2.05) is 12.1 Å². The number of halogens is 2. The maximum atomic E-state index is 12.3. The van der Waals surface area contributed by atoms with Crippen LogP contribution in [0.3, 0.4) is 0 Å². The summed E-state index contributed by atoms with van der Waals surface area (Å²) in [6, 6.07) is 16.2. The van der Waals surface area contributed by atoms with Gasteiger partial charge in [0.15, 0.2) is 0 Å². The van der Waals surface area contributed by atoms with Crippen LogP contribution in [0.1, 0.15) is 93.7 Å². The van der Waals surface area contributed by atoms with Gasteiger partial charge in [-0.15, -0.1) is 0 Å². The van der Waals surface area contributed by atoms with E-state index in [1.165, 1.54) is 62.5 Å². The molecule has 0 heterocycles. The molecule has 3 rings (SSSR count). The Kier molecular flexibility index (Phi) is 8.72. The van der Waals surface area contributed by atoms with Crippen molar-refractivity contribution in [3.05, 3.63) is 65.2 Å². The van der Waals surface area contributed by atoms with Crippen LogP contribution in [0, 0.1) is 5.92 Å². The third kappa shape index (κ3) is 6.82. The first-order valence-corrected chi connectivity index (χ1v) is 11.7. The average molecular weight is 415 g/mol. The van der Waals surface area contributed by atoms with Crippen LogP contribution in [-0.4, -0.2) is 6.61 Å². The fourth-order valence-electron chi connectivity index (χ4n) is 4.84. The van der Waals surface area contributed by atoms with E-state index in [2.05, 4.69) is 42.8 Å². The van der Waals surface area contributed by atoms with Gasteiger partial charge in [-0.2, -0.15) is 8.78 Å². The monoisotopic (exact) mass is 414 g/mol. The molecule has 1 fully saturated rings. The first kappa shape index (κ1) is 22.8. The SMILES string of the molecule is CCCCCC1CCC(c2ccc(C[C@@H](C)c3ccc(OC(F)F)cc3)cc2)CC1. The summed E-state index contributed by atoms with van der Waals surface area (Å²) in [5.41, 5.74) is 3.96. The summed E-state index contributed by atoms with van der Waals surface area (Å²) in [5, 5.41) is 0. The van der Waals surface area contributed by atoms with Gasteiger partial charge in [-0.3, -0.25) is 0 Å². The Balaban J connectivity index is 1.48. The van der Waals surface area contributed by atoms with Crippen LogP contribution < -0.4 is 4.74 Å². The Labute approximate surface area is 180 Å². The Hall–Kier alpha value is -1.90. The molecule has 3 heteroatoms. The van der Waals surface area contributed by atoms with Crippen LogP contribution in [0.15, 0.2) is 48.5 Å². The molecule has 0 bridgehead atoms. The van der Waals surface area contributed by atoms with Crippen molar-refractivity contribution in [1.29, 1.82) is 0 Å². The maximum Gasteiger partial charge on any atom is 0.387 e. The zero-order chi connectivity index (χ0) is 21.3. The summed E-state index contributed by atoms with van der Waals surface area (Å²) in [5.74, 6) is 2.21. The van der Waals surface area contributed by atoms with Crippen LogP contribution >= 0.6 is 0 Å². The molecule has 0 spiro atoms. The van der Waals surface area contributed by atoms with Gasteiger partial charge >= 0.3 is 6.61 Å². The molecule has 0 amide bonds. The van der Waals surface area contributed by atoms with E-state index >= 15 is 0 Å². The van der Waals surface area contributed by atoms with Gasteiger partial charge in [0, 0.05) is 0 Å². The molecule has 1 saturated carbocycles. The van der Waals surface area contributed by atoms with Gasteiger partial charge in [-0.1, -0.05) is 75.9 Å². The average Bonchev–Trinajstić information content (AvgIpc) is 2.75. The van der Waals surface area contributed by atoms with Crippen molar-refractivity contribution in [2.75, 3.05) is 0 Å². The molecule has 1 aliphatic carbocycles.